The SMILES string of the molecule is CN1C(=O)C[C@@H](CN[C@@H]2CCC[C@@H]2CCc2ccccc2)[C@@H]1c1cnn(C)c1. The number of amides is 1. The number of aromatic nitrogens is 2. The molecule has 150 valence electrons. The van der Waals surface area contributed by atoms with Crippen LogP contribution in [0.3, 0.4) is 0 Å². The average Bonchev–Trinajstić information content (AvgIpc) is 3.39. The Morgan fingerprint density at radius 2 is 1.96 bits per heavy atom. The first-order valence-corrected chi connectivity index (χ1v) is 10.6. The Kier molecular flexibility index (Phi) is 5.81. The fourth-order valence-electron chi connectivity index (χ4n) is 5.17. The number of benzene rings is 1. The van der Waals surface area contributed by atoms with Crippen LogP contribution in [0.25, 0.3) is 0 Å². The zero-order valence-corrected chi connectivity index (χ0v) is 17.1. The van der Waals surface area contributed by atoms with Gasteiger partial charge in [-0.2, -0.15) is 5.10 Å². The summed E-state index contributed by atoms with van der Waals surface area (Å²) in [5, 5.41) is 8.17. The molecule has 5 heteroatoms. The van der Waals surface area contributed by atoms with Gasteiger partial charge in [-0.15, -0.1) is 0 Å². The fraction of sp³-hybridized carbons (Fsp3) is 0.565. The van der Waals surface area contributed by atoms with Gasteiger partial charge in [0.05, 0.1) is 12.2 Å². The summed E-state index contributed by atoms with van der Waals surface area (Å²) in [6.07, 6.45) is 10.9. The maximum atomic E-state index is 12.4. The molecule has 1 saturated carbocycles. The summed E-state index contributed by atoms with van der Waals surface area (Å²) in [4.78, 5) is 14.3. The molecule has 0 bridgehead atoms. The van der Waals surface area contributed by atoms with E-state index in [1.807, 2.05) is 36.1 Å². The van der Waals surface area contributed by atoms with E-state index in [4.69, 9.17) is 0 Å². The minimum absolute atomic E-state index is 0.137. The van der Waals surface area contributed by atoms with E-state index in [0.717, 1.165) is 24.4 Å². The second-order valence-corrected chi connectivity index (χ2v) is 8.59. The van der Waals surface area contributed by atoms with Gasteiger partial charge in [0.25, 0.3) is 0 Å². The van der Waals surface area contributed by atoms with Gasteiger partial charge >= 0.3 is 0 Å². The first kappa shape index (κ1) is 19.2. The van der Waals surface area contributed by atoms with E-state index >= 15 is 0 Å². The minimum Gasteiger partial charge on any atom is -0.338 e. The molecule has 1 N–H and O–H groups in total. The number of carbonyl (C=O) groups excluding carboxylic acids is 1. The third-order valence-electron chi connectivity index (χ3n) is 6.71. The van der Waals surface area contributed by atoms with Crippen LogP contribution in [-0.4, -0.2) is 40.2 Å². The van der Waals surface area contributed by atoms with Gasteiger partial charge in [-0.25, -0.2) is 0 Å². The van der Waals surface area contributed by atoms with Crippen molar-refractivity contribution in [3.8, 4) is 0 Å². The number of likely N-dealkylation sites (tertiary alicyclic amines) is 1. The molecular formula is C23H32N4O. The zero-order valence-electron chi connectivity index (χ0n) is 17.1. The summed E-state index contributed by atoms with van der Waals surface area (Å²) < 4.78 is 1.83. The van der Waals surface area contributed by atoms with Gasteiger partial charge in [0.2, 0.25) is 5.91 Å². The topological polar surface area (TPSA) is 50.2 Å². The van der Waals surface area contributed by atoms with Crippen LogP contribution in [0.1, 0.15) is 49.3 Å². The second-order valence-electron chi connectivity index (χ2n) is 8.59. The standard InChI is InChI=1S/C23H32N4O/c1-26-16-20(15-25-26)23-19(13-22(28)27(23)2)14-24-21-10-6-9-18(21)12-11-17-7-4-3-5-8-17/h3-5,7-8,15-16,18-19,21,23-24H,6,9-14H2,1-2H3/t18-,19+,21-,23-/m1/s1. The Morgan fingerprint density at radius 3 is 2.71 bits per heavy atom. The third kappa shape index (κ3) is 4.14. The molecule has 2 heterocycles. The Morgan fingerprint density at radius 1 is 1.14 bits per heavy atom. The van der Waals surface area contributed by atoms with Gasteiger partial charge < -0.3 is 10.2 Å². The van der Waals surface area contributed by atoms with Crippen molar-refractivity contribution in [1.82, 2.24) is 20.0 Å². The van der Waals surface area contributed by atoms with E-state index in [9.17, 15) is 4.79 Å². The molecule has 2 aliphatic rings. The third-order valence-corrected chi connectivity index (χ3v) is 6.71. The number of nitrogens with zero attached hydrogens (tertiary/aromatic N) is 3. The van der Waals surface area contributed by atoms with Crippen molar-refractivity contribution in [1.29, 1.82) is 0 Å². The molecule has 0 radical (unpaired) electrons. The van der Waals surface area contributed by atoms with Gasteiger partial charge in [0.1, 0.15) is 0 Å². The van der Waals surface area contributed by atoms with Gasteiger partial charge in [0, 0.05) is 50.8 Å². The van der Waals surface area contributed by atoms with Crippen LogP contribution < -0.4 is 5.32 Å². The number of carbonyl (C=O) groups is 1. The highest BCUT2D eigenvalue weighted by Crippen LogP contribution is 2.37. The summed E-state index contributed by atoms with van der Waals surface area (Å²) >= 11 is 0. The van der Waals surface area contributed by atoms with E-state index < -0.39 is 0 Å². The molecule has 1 aromatic heterocycles. The second kappa shape index (κ2) is 8.48. The van der Waals surface area contributed by atoms with Crippen LogP contribution in [-0.2, 0) is 18.3 Å². The largest absolute Gasteiger partial charge is 0.338 e. The molecule has 4 rings (SSSR count). The Balaban J connectivity index is 1.35. The van der Waals surface area contributed by atoms with Crippen molar-refractivity contribution in [2.45, 2.75) is 50.6 Å². The number of rotatable bonds is 7. The number of nitrogens with one attached hydrogen (secondary N) is 1. The van der Waals surface area contributed by atoms with E-state index in [-0.39, 0.29) is 11.9 Å². The van der Waals surface area contributed by atoms with Crippen molar-refractivity contribution in [2.24, 2.45) is 18.9 Å². The summed E-state index contributed by atoms with van der Waals surface area (Å²) in [5.41, 5.74) is 2.59. The van der Waals surface area contributed by atoms with Gasteiger partial charge in [-0.3, -0.25) is 9.48 Å². The molecule has 5 nitrogen and oxygen atoms in total. The van der Waals surface area contributed by atoms with Crippen molar-refractivity contribution >= 4 is 5.91 Å². The molecule has 1 saturated heterocycles. The van der Waals surface area contributed by atoms with Gasteiger partial charge in [-0.05, 0) is 37.2 Å². The van der Waals surface area contributed by atoms with Gasteiger partial charge in [-0.1, -0.05) is 36.8 Å². The fourth-order valence-corrected chi connectivity index (χ4v) is 5.17. The average molecular weight is 381 g/mol. The molecule has 2 fully saturated rings. The molecule has 1 amide bonds. The maximum Gasteiger partial charge on any atom is 0.223 e. The quantitative estimate of drug-likeness (QED) is 0.802. The zero-order chi connectivity index (χ0) is 19.5. The smallest absolute Gasteiger partial charge is 0.223 e. The lowest BCUT2D eigenvalue weighted by Gasteiger charge is -2.27. The number of hydrogen-bond acceptors (Lipinski definition) is 3. The lowest BCUT2D eigenvalue weighted by molar-refractivity contribution is -0.127. The highest BCUT2D eigenvalue weighted by Gasteiger charge is 2.39. The molecular weight excluding hydrogens is 348 g/mol. The van der Waals surface area contributed by atoms with E-state index in [0.29, 0.717) is 18.4 Å². The van der Waals surface area contributed by atoms with E-state index in [1.165, 1.54) is 31.2 Å². The van der Waals surface area contributed by atoms with Crippen molar-refractivity contribution in [2.75, 3.05) is 13.6 Å². The van der Waals surface area contributed by atoms with E-state index in [1.54, 1.807) is 0 Å². The van der Waals surface area contributed by atoms with Crippen molar-refractivity contribution in [3.05, 3.63) is 53.9 Å². The lowest BCUT2D eigenvalue weighted by atomic mass is 9.92. The summed E-state index contributed by atoms with van der Waals surface area (Å²) in [6, 6.07) is 11.5. The Labute approximate surface area is 168 Å². The van der Waals surface area contributed by atoms with Crippen LogP contribution in [0.5, 0.6) is 0 Å². The molecule has 1 aromatic carbocycles. The van der Waals surface area contributed by atoms with Crippen LogP contribution in [0.4, 0.5) is 0 Å². The highest BCUT2D eigenvalue weighted by molar-refractivity contribution is 5.79. The molecule has 28 heavy (non-hydrogen) atoms. The first-order valence-electron chi connectivity index (χ1n) is 10.6. The monoisotopic (exact) mass is 380 g/mol. The first-order chi connectivity index (χ1) is 13.6. The van der Waals surface area contributed by atoms with Crippen LogP contribution in [0, 0.1) is 11.8 Å². The van der Waals surface area contributed by atoms with Gasteiger partial charge in [0.15, 0.2) is 0 Å². The van der Waals surface area contributed by atoms with Crippen LogP contribution in [0.2, 0.25) is 0 Å². The molecule has 1 aliphatic heterocycles. The number of aryl methyl sites for hydroxylation is 2. The highest BCUT2D eigenvalue weighted by atomic mass is 16.2. The molecule has 1 aliphatic carbocycles. The normalized spacial score (nSPS) is 27.6. The predicted molar refractivity (Wildman–Crippen MR) is 111 cm³/mol. The molecule has 2 aromatic rings. The summed E-state index contributed by atoms with van der Waals surface area (Å²) in [5.74, 6) is 1.30. The maximum absolute atomic E-state index is 12.4. The van der Waals surface area contributed by atoms with E-state index in [2.05, 4.69) is 40.7 Å². The Bertz CT molecular complexity index is 787. The summed E-state index contributed by atoms with van der Waals surface area (Å²) in [6.45, 7) is 0.905. The minimum atomic E-state index is 0.137. The molecule has 0 spiro atoms. The predicted octanol–water partition coefficient (Wildman–Crippen LogP) is 3.33. The van der Waals surface area contributed by atoms with Crippen molar-refractivity contribution in [3.63, 3.8) is 0 Å². The Hall–Kier alpha value is -2.14. The summed E-state index contributed by atoms with van der Waals surface area (Å²) in [7, 11) is 3.86. The van der Waals surface area contributed by atoms with Crippen LogP contribution >= 0.6 is 0 Å². The molecule has 0 unspecified atom stereocenters. The lowest BCUT2D eigenvalue weighted by Crippen LogP contribution is -2.37. The van der Waals surface area contributed by atoms with Crippen molar-refractivity contribution < 1.29 is 4.79 Å². The van der Waals surface area contributed by atoms with Crippen LogP contribution in [0.15, 0.2) is 42.7 Å². The molecule has 4 atom stereocenters. The number of hydrogen-bond donors (Lipinski definition) is 1.